The van der Waals surface area contributed by atoms with E-state index in [9.17, 15) is 4.79 Å². The highest BCUT2D eigenvalue weighted by Gasteiger charge is 2.23. The van der Waals surface area contributed by atoms with Crippen molar-refractivity contribution in [3.05, 3.63) is 66.2 Å². The van der Waals surface area contributed by atoms with Gasteiger partial charge in [-0.25, -0.2) is 4.79 Å². The smallest absolute Gasteiger partial charge is 0.335 e. The van der Waals surface area contributed by atoms with Crippen molar-refractivity contribution in [2.24, 2.45) is 0 Å². The predicted octanol–water partition coefficient (Wildman–Crippen LogP) is 5.30. The predicted molar refractivity (Wildman–Crippen MR) is 130 cm³/mol. The lowest BCUT2D eigenvalue weighted by atomic mass is 10.0. The fourth-order valence-corrected chi connectivity index (χ4v) is 5.08. The van der Waals surface area contributed by atoms with Crippen molar-refractivity contribution < 1.29 is 19.0 Å². The van der Waals surface area contributed by atoms with Crippen molar-refractivity contribution in [3.8, 4) is 5.75 Å². The SMILES string of the molecule is CCOC(Cc1ccc2ccc(OC(C)N3CCSc4ccccc43)cc2c1)C(=O)OC. The van der Waals surface area contributed by atoms with Crippen molar-refractivity contribution in [1.82, 2.24) is 0 Å². The van der Waals surface area contributed by atoms with Crippen LogP contribution in [0.5, 0.6) is 5.75 Å². The molecule has 5 nitrogen and oxygen atoms in total. The van der Waals surface area contributed by atoms with Crippen LogP contribution < -0.4 is 9.64 Å². The highest BCUT2D eigenvalue weighted by Crippen LogP contribution is 2.36. The van der Waals surface area contributed by atoms with Gasteiger partial charge in [-0.2, -0.15) is 0 Å². The Bertz CT molecular complexity index is 1090. The van der Waals surface area contributed by atoms with Crippen LogP contribution in [-0.4, -0.2) is 44.3 Å². The van der Waals surface area contributed by atoms with Crippen molar-refractivity contribution in [2.75, 3.05) is 30.9 Å². The number of hydrogen-bond acceptors (Lipinski definition) is 6. The van der Waals surface area contributed by atoms with Gasteiger partial charge in [0.2, 0.25) is 0 Å². The Morgan fingerprint density at radius 2 is 1.91 bits per heavy atom. The highest BCUT2D eigenvalue weighted by atomic mass is 32.2. The zero-order valence-electron chi connectivity index (χ0n) is 18.7. The quantitative estimate of drug-likeness (QED) is 0.433. The second kappa shape index (κ2) is 10.3. The summed E-state index contributed by atoms with van der Waals surface area (Å²) in [6.45, 7) is 5.38. The summed E-state index contributed by atoms with van der Waals surface area (Å²) in [6, 6.07) is 20.8. The van der Waals surface area contributed by atoms with Gasteiger partial charge >= 0.3 is 5.97 Å². The van der Waals surface area contributed by atoms with E-state index in [0.717, 1.165) is 34.4 Å². The first-order chi connectivity index (χ1) is 15.6. The molecule has 168 valence electrons. The second-order valence-corrected chi connectivity index (χ2v) is 8.88. The number of esters is 1. The molecule has 1 aliphatic heterocycles. The van der Waals surface area contributed by atoms with Crippen LogP contribution in [0.1, 0.15) is 19.4 Å². The first-order valence-corrected chi connectivity index (χ1v) is 11.9. The summed E-state index contributed by atoms with van der Waals surface area (Å²) in [7, 11) is 1.39. The van der Waals surface area contributed by atoms with E-state index >= 15 is 0 Å². The molecule has 0 N–H and O–H groups in total. The third kappa shape index (κ3) is 5.03. The summed E-state index contributed by atoms with van der Waals surface area (Å²) < 4.78 is 16.8. The number of benzene rings is 3. The normalized spacial score (nSPS) is 15.2. The molecule has 0 saturated carbocycles. The Morgan fingerprint density at radius 1 is 1.09 bits per heavy atom. The number of nitrogens with zero attached hydrogens (tertiary/aromatic N) is 1. The lowest BCUT2D eigenvalue weighted by Crippen LogP contribution is -2.40. The molecule has 2 atom stereocenters. The van der Waals surface area contributed by atoms with Gasteiger partial charge in [-0.05, 0) is 54.4 Å². The summed E-state index contributed by atoms with van der Waals surface area (Å²) in [6.07, 6.45) is -0.210. The summed E-state index contributed by atoms with van der Waals surface area (Å²) in [5, 5.41) is 2.20. The molecule has 0 bridgehead atoms. The Hall–Kier alpha value is -2.70. The van der Waals surface area contributed by atoms with Gasteiger partial charge in [0.25, 0.3) is 0 Å². The molecular formula is C26H29NO4S. The second-order valence-electron chi connectivity index (χ2n) is 7.74. The fraction of sp³-hybridized carbons (Fsp3) is 0.346. The Balaban J connectivity index is 1.52. The number of para-hydroxylation sites is 1. The highest BCUT2D eigenvalue weighted by molar-refractivity contribution is 7.99. The monoisotopic (exact) mass is 451 g/mol. The molecule has 0 fully saturated rings. The van der Waals surface area contributed by atoms with E-state index in [0.29, 0.717) is 13.0 Å². The number of rotatable bonds is 8. The van der Waals surface area contributed by atoms with Crippen LogP contribution in [0.3, 0.4) is 0 Å². The summed E-state index contributed by atoms with van der Waals surface area (Å²) >= 11 is 1.89. The Morgan fingerprint density at radius 3 is 2.72 bits per heavy atom. The van der Waals surface area contributed by atoms with Crippen LogP contribution in [0.25, 0.3) is 10.8 Å². The third-order valence-corrected chi connectivity index (χ3v) is 6.68. The summed E-state index contributed by atoms with van der Waals surface area (Å²) in [5.74, 6) is 1.53. The number of methoxy groups -OCH3 is 1. The first-order valence-electron chi connectivity index (χ1n) is 11.0. The van der Waals surface area contributed by atoms with Crippen molar-refractivity contribution in [3.63, 3.8) is 0 Å². The molecule has 6 heteroatoms. The molecule has 0 amide bonds. The van der Waals surface area contributed by atoms with Gasteiger partial charge in [0.1, 0.15) is 5.75 Å². The molecule has 4 rings (SSSR count). The van der Waals surface area contributed by atoms with Crippen molar-refractivity contribution in [2.45, 2.75) is 37.5 Å². The van der Waals surface area contributed by atoms with E-state index in [1.54, 1.807) is 0 Å². The number of fused-ring (bicyclic) bond motifs is 2. The number of thioether (sulfide) groups is 1. The van der Waals surface area contributed by atoms with Gasteiger partial charge in [-0.15, -0.1) is 11.8 Å². The molecule has 0 spiro atoms. The zero-order chi connectivity index (χ0) is 22.5. The molecule has 0 aromatic heterocycles. The van der Waals surface area contributed by atoms with E-state index in [-0.39, 0.29) is 12.2 Å². The maximum atomic E-state index is 12.0. The molecule has 0 saturated heterocycles. The summed E-state index contributed by atoms with van der Waals surface area (Å²) in [5.41, 5.74) is 2.25. The largest absolute Gasteiger partial charge is 0.471 e. The lowest BCUT2D eigenvalue weighted by Gasteiger charge is -2.35. The molecule has 1 aliphatic rings. The van der Waals surface area contributed by atoms with Crippen molar-refractivity contribution >= 4 is 34.2 Å². The van der Waals surface area contributed by atoms with Gasteiger partial charge in [-0.3, -0.25) is 0 Å². The van der Waals surface area contributed by atoms with Crippen molar-refractivity contribution in [1.29, 1.82) is 0 Å². The molecule has 0 radical (unpaired) electrons. The molecule has 32 heavy (non-hydrogen) atoms. The van der Waals surface area contributed by atoms with E-state index in [1.165, 1.54) is 17.7 Å². The van der Waals surface area contributed by atoms with Gasteiger partial charge in [0.15, 0.2) is 12.3 Å². The fourth-order valence-electron chi connectivity index (χ4n) is 4.06. The van der Waals surface area contributed by atoms with E-state index in [1.807, 2.05) is 30.8 Å². The first kappa shape index (κ1) is 22.5. The number of anilines is 1. The minimum Gasteiger partial charge on any atom is -0.471 e. The van der Waals surface area contributed by atoms with Gasteiger partial charge in [0, 0.05) is 30.2 Å². The van der Waals surface area contributed by atoms with E-state index in [2.05, 4.69) is 60.4 Å². The number of ether oxygens (including phenoxy) is 3. The number of carbonyl (C=O) groups is 1. The van der Waals surface area contributed by atoms with Crippen LogP contribution in [0, 0.1) is 0 Å². The van der Waals surface area contributed by atoms with Crippen LogP contribution in [0.4, 0.5) is 5.69 Å². The molecule has 3 aromatic rings. The Kier molecular flexibility index (Phi) is 7.22. The lowest BCUT2D eigenvalue weighted by molar-refractivity contribution is -0.153. The molecule has 0 aliphatic carbocycles. The summed E-state index contributed by atoms with van der Waals surface area (Å²) in [4.78, 5) is 15.6. The third-order valence-electron chi connectivity index (χ3n) is 5.64. The van der Waals surface area contributed by atoms with Crippen LogP contribution in [-0.2, 0) is 20.7 Å². The average molecular weight is 452 g/mol. The maximum Gasteiger partial charge on any atom is 0.335 e. The zero-order valence-corrected chi connectivity index (χ0v) is 19.6. The van der Waals surface area contributed by atoms with E-state index in [4.69, 9.17) is 14.2 Å². The topological polar surface area (TPSA) is 48.0 Å². The Labute approximate surface area is 193 Å². The van der Waals surface area contributed by atoms with Gasteiger partial charge in [0.05, 0.1) is 12.8 Å². The maximum absolute atomic E-state index is 12.0. The van der Waals surface area contributed by atoms with Gasteiger partial charge < -0.3 is 19.1 Å². The number of hydrogen-bond donors (Lipinski definition) is 0. The molecular weight excluding hydrogens is 422 g/mol. The standard InChI is InChI=1S/C26H29NO4S/c1-4-30-24(26(28)29-3)16-19-9-10-20-11-12-22(17-21(20)15-19)31-18(2)27-13-14-32-25-8-6-5-7-23(25)27/h5-12,15,17-18,24H,4,13-14,16H2,1-3H3. The molecule has 3 aromatic carbocycles. The van der Waals surface area contributed by atoms with Crippen LogP contribution >= 0.6 is 11.8 Å². The molecule has 2 unspecified atom stereocenters. The number of carbonyl (C=O) groups excluding carboxylic acids is 1. The average Bonchev–Trinajstić information content (AvgIpc) is 2.82. The minimum absolute atomic E-state index is 0.0839. The van der Waals surface area contributed by atoms with Crippen LogP contribution in [0.2, 0.25) is 0 Å². The van der Waals surface area contributed by atoms with E-state index < -0.39 is 6.10 Å². The van der Waals surface area contributed by atoms with Gasteiger partial charge in [-0.1, -0.05) is 36.4 Å². The van der Waals surface area contributed by atoms with Crippen LogP contribution in [0.15, 0.2) is 65.6 Å². The minimum atomic E-state index is -0.598. The molecule has 1 heterocycles.